The zero-order valence-electron chi connectivity index (χ0n) is 11.2. The van der Waals surface area contributed by atoms with Gasteiger partial charge in [0.2, 0.25) is 0 Å². The van der Waals surface area contributed by atoms with Gasteiger partial charge in [-0.1, -0.05) is 17.7 Å². The number of hydrogen-bond acceptors (Lipinski definition) is 3. The third-order valence-corrected chi connectivity index (χ3v) is 2.88. The molecule has 0 atom stereocenters. The summed E-state index contributed by atoms with van der Waals surface area (Å²) in [7, 11) is 0. The molecule has 0 saturated heterocycles. The van der Waals surface area contributed by atoms with Crippen molar-refractivity contribution in [2.45, 2.75) is 33.5 Å². The maximum absolute atomic E-state index is 6.03. The first-order valence-electron chi connectivity index (χ1n) is 6.29. The van der Waals surface area contributed by atoms with E-state index in [1.807, 2.05) is 39.0 Å². The van der Waals surface area contributed by atoms with E-state index in [0.29, 0.717) is 26.2 Å². The maximum atomic E-state index is 6.03. The zero-order valence-corrected chi connectivity index (χ0v) is 12.0. The average molecular weight is 273 g/mol. The molecule has 0 saturated carbocycles. The molecule has 0 aromatic heterocycles. The second-order valence-corrected chi connectivity index (χ2v) is 4.30. The molecule has 102 valence electrons. The molecule has 0 aliphatic rings. The number of halogens is 1. The van der Waals surface area contributed by atoms with E-state index in [-0.39, 0.29) is 6.29 Å². The van der Waals surface area contributed by atoms with Crippen molar-refractivity contribution in [3.05, 3.63) is 28.8 Å². The molecule has 0 aliphatic carbocycles. The third kappa shape index (κ3) is 5.25. The lowest BCUT2D eigenvalue weighted by Crippen LogP contribution is -2.20. The Morgan fingerprint density at radius 3 is 2.39 bits per heavy atom. The Bertz CT molecular complexity index is 349. The Kier molecular flexibility index (Phi) is 7.09. The molecule has 0 amide bonds. The minimum atomic E-state index is -0.194. The second kappa shape index (κ2) is 8.35. The van der Waals surface area contributed by atoms with Gasteiger partial charge in [-0.2, -0.15) is 0 Å². The summed E-state index contributed by atoms with van der Waals surface area (Å²) >= 11 is 6.03. The minimum absolute atomic E-state index is 0.194. The number of rotatable bonds is 8. The van der Waals surface area contributed by atoms with Crippen molar-refractivity contribution < 1.29 is 14.2 Å². The fraction of sp³-hybridized carbons (Fsp3) is 0.571. The largest absolute Gasteiger partial charge is 0.493 e. The molecule has 0 radical (unpaired) electrons. The molecule has 0 unspecified atom stereocenters. The molecular weight excluding hydrogens is 252 g/mol. The molecule has 3 nitrogen and oxygen atoms in total. The number of hydrogen-bond donors (Lipinski definition) is 0. The maximum Gasteiger partial charge on any atom is 0.160 e. The van der Waals surface area contributed by atoms with E-state index in [1.54, 1.807) is 0 Å². The summed E-state index contributed by atoms with van der Waals surface area (Å²) in [5.74, 6) is 0.775. The molecule has 18 heavy (non-hydrogen) atoms. The predicted molar refractivity (Wildman–Crippen MR) is 73.3 cm³/mol. The van der Waals surface area contributed by atoms with Gasteiger partial charge in [-0.3, -0.25) is 0 Å². The molecule has 4 heteroatoms. The van der Waals surface area contributed by atoms with Crippen molar-refractivity contribution in [3.63, 3.8) is 0 Å². The van der Waals surface area contributed by atoms with Crippen LogP contribution in [-0.2, 0) is 9.47 Å². The Morgan fingerprint density at radius 2 is 1.83 bits per heavy atom. The van der Waals surface area contributed by atoms with Gasteiger partial charge < -0.3 is 14.2 Å². The monoisotopic (exact) mass is 272 g/mol. The summed E-state index contributed by atoms with van der Waals surface area (Å²) in [6.45, 7) is 7.69. The smallest absolute Gasteiger partial charge is 0.160 e. The Balaban J connectivity index is 2.37. The van der Waals surface area contributed by atoms with Gasteiger partial charge in [-0.15, -0.1) is 0 Å². The summed E-state index contributed by atoms with van der Waals surface area (Å²) in [6, 6.07) is 5.69. The fourth-order valence-corrected chi connectivity index (χ4v) is 1.69. The lowest BCUT2D eigenvalue weighted by atomic mass is 10.2. The average Bonchev–Trinajstić information content (AvgIpc) is 2.34. The van der Waals surface area contributed by atoms with Gasteiger partial charge in [-0.25, -0.2) is 0 Å². The normalized spacial score (nSPS) is 10.9. The topological polar surface area (TPSA) is 27.7 Å². The number of aryl methyl sites for hydroxylation is 1. The summed E-state index contributed by atoms with van der Waals surface area (Å²) in [6.07, 6.45) is 0.508. The zero-order chi connectivity index (χ0) is 13.4. The molecule has 0 spiro atoms. The van der Waals surface area contributed by atoms with Crippen LogP contribution in [0.1, 0.15) is 25.8 Å². The first kappa shape index (κ1) is 15.3. The van der Waals surface area contributed by atoms with Gasteiger partial charge in [0.15, 0.2) is 6.29 Å². The van der Waals surface area contributed by atoms with Crippen LogP contribution in [-0.4, -0.2) is 26.1 Å². The highest BCUT2D eigenvalue weighted by Gasteiger charge is 2.08. The van der Waals surface area contributed by atoms with E-state index >= 15 is 0 Å². The number of benzene rings is 1. The molecule has 0 fully saturated rings. The second-order valence-electron chi connectivity index (χ2n) is 3.89. The molecule has 0 heterocycles. The lowest BCUT2D eigenvalue weighted by molar-refractivity contribution is -0.142. The SMILES string of the molecule is CCOC(CCOc1ccc(C)c(Cl)c1)OCC. The van der Waals surface area contributed by atoms with Crippen molar-refractivity contribution in [1.29, 1.82) is 0 Å². The van der Waals surface area contributed by atoms with Gasteiger partial charge in [0.25, 0.3) is 0 Å². The van der Waals surface area contributed by atoms with E-state index < -0.39 is 0 Å². The van der Waals surface area contributed by atoms with Gasteiger partial charge >= 0.3 is 0 Å². The summed E-state index contributed by atoms with van der Waals surface area (Å²) in [4.78, 5) is 0. The Hall–Kier alpha value is -0.770. The Labute approximate surface area is 114 Å². The predicted octanol–water partition coefficient (Wildman–Crippen LogP) is 3.82. The summed E-state index contributed by atoms with van der Waals surface area (Å²) in [5.41, 5.74) is 1.05. The fourth-order valence-electron chi connectivity index (χ4n) is 1.52. The van der Waals surface area contributed by atoms with Crippen LogP contribution in [0.2, 0.25) is 5.02 Å². The van der Waals surface area contributed by atoms with Gasteiger partial charge in [0, 0.05) is 24.7 Å². The van der Waals surface area contributed by atoms with Crippen LogP contribution >= 0.6 is 11.6 Å². The quantitative estimate of drug-likeness (QED) is 0.674. The molecule has 1 rings (SSSR count). The van der Waals surface area contributed by atoms with E-state index in [0.717, 1.165) is 16.3 Å². The minimum Gasteiger partial charge on any atom is -0.493 e. The first-order valence-corrected chi connectivity index (χ1v) is 6.67. The third-order valence-electron chi connectivity index (χ3n) is 2.47. The van der Waals surface area contributed by atoms with E-state index in [4.69, 9.17) is 25.8 Å². The molecule has 1 aromatic rings. The highest BCUT2D eigenvalue weighted by atomic mass is 35.5. The van der Waals surface area contributed by atoms with E-state index in [1.165, 1.54) is 0 Å². The van der Waals surface area contributed by atoms with Gasteiger partial charge in [0.05, 0.1) is 6.61 Å². The molecule has 1 aromatic carbocycles. The van der Waals surface area contributed by atoms with Crippen LogP contribution in [0.25, 0.3) is 0 Å². The van der Waals surface area contributed by atoms with Crippen molar-refractivity contribution in [1.82, 2.24) is 0 Å². The summed E-state index contributed by atoms with van der Waals surface area (Å²) < 4.78 is 16.5. The number of ether oxygens (including phenoxy) is 3. The standard InChI is InChI=1S/C14H21ClO3/c1-4-16-14(17-5-2)8-9-18-12-7-6-11(3)13(15)10-12/h6-7,10,14H,4-5,8-9H2,1-3H3. The van der Waals surface area contributed by atoms with Crippen LogP contribution in [0.5, 0.6) is 5.75 Å². The summed E-state index contributed by atoms with van der Waals surface area (Å²) in [5, 5.41) is 0.721. The van der Waals surface area contributed by atoms with E-state index in [9.17, 15) is 0 Å². The van der Waals surface area contributed by atoms with Crippen LogP contribution in [0.15, 0.2) is 18.2 Å². The van der Waals surface area contributed by atoms with Crippen LogP contribution in [0.4, 0.5) is 0 Å². The molecule has 0 aliphatic heterocycles. The van der Waals surface area contributed by atoms with Crippen molar-refractivity contribution in [2.24, 2.45) is 0 Å². The highest BCUT2D eigenvalue weighted by molar-refractivity contribution is 6.31. The highest BCUT2D eigenvalue weighted by Crippen LogP contribution is 2.21. The van der Waals surface area contributed by atoms with Gasteiger partial charge in [0.1, 0.15) is 5.75 Å². The van der Waals surface area contributed by atoms with Crippen LogP contribution < -0.4 is 4.74 Å². The molecular formula is C14H21ClO3. The van der Waals surface area contributed by atoms with Crippen molar-refractivity contribution in [2.75, 3.05) is 19.8 Å². The Morgan fingerprint density at radius 1 is 1.17 bits per heavy atom. The lowest BCUT2D eigenvalue weighted by Gasteiger charge is -2.17. The van der Waals surface area contributed by atoms with Crippen LogP contribution in [0, 0.1) is 6.92 Å². The van der Waals surface area contributed by atoms with Crippen molar-refractivity contribution in [3.8, 4) is 5.75 Å². The molecule has 0 N–H and O–H groups in total. The van der Waals surface area contributed by atoms with E-state index in [2.05, 4.69) is 0 Å². The van der Waals surface area contributed by atoms with Crippen LogP contribution in [0.3, 0.4) is 0 Å². The first-order chi connectivity index (χ1) is 8.67. The van der Waals surface area contributed by atoms with Crippen molar-refractivity contribution >= 4 is 11.6 Å². The van der Waals surface area contributed by atoms with Gasteiger partial charge in [-0.05, 0) is 38.5 Å². The molecule has 0 bridgehead atoms.